The van der Waals surface area contributed by atoms with Gasteiger partial charge in [-0.3, -0.25) is 10.2 Å². The lowest BCUT2D eigenvalue weighted by Gasteiger charge is -2.17. The van der Waals surface area contributed by atoms with Crippen LogP contribution in [-0.4, -0.2) is 20.4 Å². The number of halogens is 3. The topological polar surface area (TPSA) is 108 Å². The first-order chi connectivity index (χ1) is 13.0. The van der Waals surface area contributed by atoms with Crippen LogP contribution in [0.25, 0.3) is 0 Å². The van der Waals surface area contributed by atoms with Crippen molar-refractivity contribution < 1.29 is 31.1 Å². The number of ether oxygens (including phenoxy) is 1. The number of amides is 1. The standard InChI is InChI=1S/C17H14F3N3O4S/c1-11(27-13-8-6-12(10-21)7-9-13)16(24)22-23-28(25,26)15-5-3-2-4-14(15)17(18,19)20/h2-9,11,23H,1H3,(H,22,24)/t11-/m0/s1. The second-order valence-corrected chi connectivity index (χ2v) is 7.14. The van der Waals surface area contributed by atoms with Crippen molar-refractivity contribution in [1.29, 1.82) is 5.26 Å². The molecule has 1 amide bonds. The summed E-state index contributed by atoms with van der Waals surface area (Å²) in [6.07, 6.45) is -6.06. The lowest BCUT2D eigenvalue weighted by Crippen LogP contribution is -2.47. The van der Waals surface area contributed by atoms with Crippen LogP contribution in [-0.2, 0) is 21.0 Å². The Morgan fingerprint density at radius 3 is 2.32 bits per heavy atom. The molecule has 2 aromatic carbocycles. The van der Waals surface area contributed by atoms with E-state index < -0.39 is 38.7 Å². The molecule has 0 spiro atoms. The van der Waals surface area contributed by atoms with E-state index in [1.165, 1.54) is 31.2 Å². The van der Waals surface area contributed by atoms with Crippen molar-refractivity contribution in [2.45, 2.75) is 24.1 Å². The van der Waals surface area contributed by atoms with Crippen molar-refractivity contribution in [3.63, 3.8) is 0 Å². The molecule has 0 bridgehead atoms. The zero-order valence-electron chi connectivity index (χ0n) is 14.3. The molecule has 0 aliphatic heterocycles. The number of hydrazine groups is 1. The Labute approximate surface area is 158 Å². The highest BCUT2D eigenvalue weighted by atomic mass is 32.2. The Bertz CT molecular complexity index is 1000. The van der Waals surface area contributed by atoms with Gasteiger partial charge >= 0.3 is 6.18 Å². The molecule has 0 aliphatic carbocycles. The van der Waals surface area contributed by atoms with Crippen LogP contribution >= 0.6 is 0 Å². The van der Waals surface area contributed by atoms with E-state index in [1.807, 2.05) is 11.5 Å². The largest absolute Gasteiger partial charge is 0.481 e. The van der Waals surface area contributed by atoms with E-state index in [4.69, 9.17) is 10.00 Å². The van der Waals surface area contributed by atoms with Gasteiger partial charge in [-0.05, 0) is 43.3 Å². The van der Waals surface area contributed by atoms with Crippen LogP contribution in [0, 0.1) is 11.3 Å². The Morgan fingerprint density at radius 2 is 1.75 bits per heavy atom. The Morgan fingerprint density at radius 1 is 1.14 bits per heavy atom. The zero-order valence-corrected chi connectivity index (χ0v) is 15.1. The minimum Gasteiger partial charge on any atom is -0.481 e. The fraction of sp³-hybridized carbons (Fsp3) is 0.176. The van der Waals surface area contributed by atoms with Crippen molar-refractivity contribution in [3.8, 4) is 11.8 Å². The quantitative estimate of drug-likeness (QED) is 0.707. The number of nitrogens with zero attached hydrogens (tertiary/aromatic N) is 1. The maximum Gasteiger partial charge on any atom is 0.417 e. The van der Waals surface area contributed by atoms with E-state index in [-0.39, 0.29) is 5.75 Å². The Balaban J connectivity index is 2.06. The molecule has 148 valence electrons. The van der Waals surface area contributed by atoms with Crippen LogP contribution in [0.3, 0.4) is 0 Å². The second-order valence-electron chi connectivity index (χ2n) is 5.48. The summed E-state index contributed by atoms with van der Waals surface area (Å²) in [7, 11) is -4.68. The maximum atomic E-state index is 13.0. The Hall–Kier alpha value is -3.10. The molecule has 7 nitrogen and oxygen atoms in total. The van der Waals surface area contributed by atoms with Gasteiger partial charge in [0.1, 0.15) is 5.75 Å². The number of alkyl halides is 3. The van der Waals surface area contributed by atoms with Crippen LogP contribution in [0.15, 0.2) is 53.4 Å². The van der Waals surface area contributed by atoms with Gasteiger partial charge in [-0.25, -0.2) is 8.42 Å². The van der Waals surface area contributed by atoms with Gasteiger partial charge in [0.15, 0.2) is 6.10 Å². The summed E-state index contributed by atoms with van der Waals surface area (Å²) in [5.41, 5.74) is 0.834. The number of nitrogens with one attached hydrogen (secondary N) is 2. The normalized spacial score (nSPS) is 12.7. The van der Waals surface area contributed by atoms with E-state index >= 15 is 0 Å². The van der Waals surface area contributed by atoms with Crippen LogP contribution in [0.4, 0.5) is 13.2 Å². The minimum atomic E-state index is -4.89. The Kier molecular flexibility index (Phi) is 6.27. The molecule has 0 saturated heterocycles. The third kappa shape index (κ3) is 5.21. The molecule has 28 heavy (non-hydrogen) atoms. The third-order valence-corrected chi connectivity index (χ3v) is 4.76. The zero-order chi connectivity index (χ0) is 20.9. The van der Waals surface area contributed by atoms with E-state index in [2.05, 4.69) is 0 Å². The third-order valence-electron chi connectivity index (χ3n) is 3.46. The van der Waals surface area contributed by atoms with Crippen LogP contribution < -0.4 is 15.0 Å². The van der Waals surface area contributed by atoms with Crippen molar-refractivity contribution >= 4 is 15.9 Å². The SMILES string of the molecule is C[C@H](Oc1ccc(C#N)cc1)C(=O)NNS(=O)(=O)c1ccccc1C(F)(F)F. The summed E-state index contributed by atoms with van der Waals surface area (Å²) < 4.78 is 68.6. The maximum absolute atomic E-state index is 13.0. The highest BCUT2D eigenvalue weighted by Gasteiger charge is 2.37. The summed E-state index contributed by atoms with van der Waals surface area (Å²) in [6.45, 7) is 1.31. The summed E-state index contributed by atoms with van der Waals surface area (Å²) in [5.74, 6) is -0.690. The number of hydrogen-bond donors (Lipinski definition) is 2. The number of rotatable bonds is 6. The highest BCUT2D eigenvalue weighted by molar-refractivity contribution is 7.89. The number of hydrogen-bond acceptors (Lipinski definition) is 5. The van der Waals surface area contributed by atoms with Gasteiger partial charge in [0.2, 0.25) is 0 Å². The number of sulfonamides is 1. The monoisotopic (exact) mass is 413 g/mol. The number of carbonyl (C=O) groups is 1. The molecule has 0 heterocycles. The second kappa shape index (κ2) is 8.28. The van der Waals surface area contributed by atoms with E-state index in [0.29, 0.717) is 11.6 Å². The summed E-state index contributed by atoms with van der Waals surface area (Å²) in [4.78, 5) is 12.6. The molecule has 2 rings (SSSR count). The first-order valence-corrected chi connectivity index (χ1v) is 9.17. The summed E-state index contributed by atoms with van der Waals surface area (Å²) >= 11 is 0. The molecule has 2 N–H and O–H groups in total. The first kappa shape index (κ1) is 21.2. The van der Waals surface area contributed by atoms with Crippen molar-refractivity contribution in [3.05, 3.63) is 59.7 Å². The lowest BCUT2D eigenvalue weighted by atomic mass is 10.2. The average molecular weight is 413 g/mol. The van der Waals surface area contributed by atoms with Gasteiger partial charge in [-0.15, -0.1) is 4.83 Å². The van der Waals surface area contributed by atoms with E-state index in [1.54, 1.807) is 4.83 Å². The fourth-order valence-electron chi connectivity index (χ4n) is 2.07. The van der Waals surface area contributed by atoms with Crippen LogP contribution in [0.2, 0.25) is 0 Å². The molecule has 1 atom stereocenters. The number of nitriles is 1. The van der Waals surface area contributed by atoms with E-state index in [9.17, 15) is 26.4 Å². The molecule has 0 aliphatic rings. The fourth-order valence-corrected chi connectivity index (χ4v) is 3.15. The van der Waals surface area contributed by atoms with Crippen molar-refractivity contribution in [1.82, 2.24) is 10.3 Å². The van der Waals surface area contributed by atoms with Crippen LogP contribution in [0.1, 0.15) is 18.1 Å². The average Bonchev–Trinajstić information content (AvgIpc) is 2.66. The van der Waals surface area contributed by atoms with Crippen molar-refractivity contribution in [2.75, 3.05) is 0 Å². The van der Waals surface area contributed by atoms with Gasteiger partial charge < -0.3 is 4.74 Å². The lowest BCUT2D eigenvalue weighted by molar-refractivity contribution is -0.139. The van der Waals surface area contributed by atoms with Crippen LogP contribution in [0.5, 0.6) is 5.75 Å². The highest BCUT2D eigenvalue weighted by Crippen LogP contribution is 2.33. The van der Waals surface area contributed by atoms with Gasteiger partial charge in [-0.1, -0.05) is 12.1 Å². The van der Waals surface area contributed by atoms with Gasteiger partial charge in [0.05, 0.1) is 22.1 Å². The van der Waals surface area contributed by atoms with E-state index in [0.717, 1.165) is 18.2 Å². The molecule has 11 heteroatoms. The molecule has 2 aromatic rings. The van der Waals surface area contributed by atoms with Gasteiger partial charge in [0.25, 0.3) is 15.9 Å². The molecule has 0 radical (unpaired) electrons. The van der Waals surface area contributed by atoms with Crippen molar-refractivity contribution in [2.24, 2.45) is 0 Å². The molecule has 0 saturated carbocycles. The number of benzene rings is 2. The predicted molar refractivity (Wildman–Crippen MR) is 91.2 cm³/mol. The molecule has 0 unspecified atom stereocenters. The first-order valence-electron chi connectivity index (χ1n) is 7.69. The molecular weight excluding hydrogens is 399 g/mol. The molecule has 0 fully saturated rings. The predicted octanol–water partition coefficient (Wildman–Crippen LogP) is 2.35. The van der Waals surface area contributed by atoms with Gasteiger partial charge in [-0.2, -0.15) is 18.4 Å². The smallest absolute Gasteiger partial charge is 0.417 e. The molecular formula is C17H14F3N3O4S. The minimum absolute atomic E-state index is 0.243. The summed E-state index contributed by atoms with van der Waals surface area (Å²) in [6, 6.07) is 11.3. The number of carbonyl (C=O) groups excluding carboxylic acids is 1. The van der Waals surface area contributed by atoms with Gasteiger partial charge in [0, 0.05) is 0 Å². The molecule has 0 aromatic heterocycles. The summed E-state index contributed by atoms with van der Waals surface area (Å²) in [5, 5.41) is 8.72.